The molecule has 0 amide bonds. The molecule has 0 aliphatic heterocycles. The number of allylic oxidation sites excluding steroid dienone is 4. The molecule has 4 aliphatic carbocycles. The van der Waals surface area contributed by atoms with E-state index in [1.807, 2.05) is 6.08 Å². The van der Waals surface area contributed by atoms with Gasteiger partial charge in [0.25, 0.3) is 0 Å². The normalized spacial score (nSPS) is 41.6. The maximum atomic E-state index is 12.8. The van der Waals surface area contributed by atoms with Gasteiger partial charge in [-0.2, -0.15) is 0 Å². The molecule has 0 spiro atoms. The molecule has 0 heterocycles. The third kappa shape index (κ3) is 2.27. The monoisotopic (exact) mass is 342 g/mol. The van der Waals surface area contributed by atoms with Crippen LogP contribution in [0.15, 0.2) is 22.8 Å². The van der Waals surface area contributed by atoms with Crippen molar-refractivity contribution in [2.45, 2.75) is 78.2 Å². The molecule has 2 fully saturated rings. The van der Waals surface area contributed by atoms with Crippen molar-refractivity contribution in [2.75, 3.05) is 0 Å². The summed E-state index contributed by atoms with van der Waals surface area (Å²) in [5.74, 6) is 1.43. The first-order chi connectivity index (χ1) is 11.8. The van der Waals surface area contributed by atoms with Gasteiger partial charge in [0.2, 0.25) is 0 Å². The first-order valence-electron chi connectivity index (χ1n) is 9.96. The summed E-state index contributed by atoms with van der Waals surface area (Å²) in [5, 5.41) is 9.96. The second kappa shape index (κ2) is 5.64. The minimum Gasteiger partial charge on any atom is -0.386 e. The van der Waals surface area contributed by atoms with Gasteiger partial charge in [0.05, 0.1) is 0 Å². The van der Waals surface area contributed by atoms with Crippen molar-refractivity contribution in [3.63, 3.8) is 0 Å². The number of Topliss-reactive ketones (excluding diaryl/α,β-unsaturated/α-hetero) is 1. The highest BCUT2D eigenvalue weighted by Crippen LogP contribution is 2.67. The van der Waals surface area contributed by atoms with Gasteiger partial charge in [0.1, 0.15) is 6.10 Å². The van der Waals surface area contributed by atoms with Crippen LogP contribution in [0.1, 0.15) is 72.1 Å². The first kappa shape index (κ1) is 17.2. The quantitative estimate of drug-likeness (QED) is 0.820. The van der Waals surface area contributed by atoms with Crippen LogP contribution in [0, 0.1) is 22.7 Å². The minimum atomic E-state index is -0.870. The number of hydrogen-bond acceptors (Lipinski definition) is 3. The van der Waals surface area contributed by atoms with Gasteiger partial charge in [-0.3, -0.25) is 9.59 Å². The third-order valence-electron chi connectivity index (χ3n) is 8.26. The maximum Gasteiger partial charge on any atom is 0.167 e. The smallest absolute Gasteiger partial charge is 0.167 e. The van der Waals surface area contributed by atoms with Gasteiger partial charge in [-0.25, -0.2) is 0 Å². The second-order valence-corrected chi connectivity index (χ2v) is 9.22. The molecule has 4 aliphatic rings. The van der Waals surface area contributed by atoms with Gasteiger partial charge in [-0.15, -0.1) is 0 Å². The van der Waals surface area contributed by atoms with E-state index in [4.69, 9.17) is 0 Å². The van der Waals surface area contributed by atoms with Crippen molar-refractivity contribution in [1.29, 1.82) is 0 Å². The minimum absolute atomic E-state index is 0.0124. The summed E-state index contributed by atoms with van der Waals surface area (Å²) in [7, 11) is 0. The molecule has 0 bridgehead atoms. The van der Waals surface area contributed by atoms with E-state index in [0.29, 0.717) is 18.3 Å². The predicted molar refractivity (Wildman–Crippen MR) is 96.9 cm³/mol. The number of carbonyl (C=O) groups is 2. The van der Waals surface area contributed by atoms with Crippen molar-refractivity contribution in [3.05, 3.63) is 22.8 Å². The zero-order valence-corrected chi connectivity index (χ0v) is 15.7. The lowest BCUT2D eigenvalue weighted by Gasteiger charge is -2.52. The van der Waals surface area contributed by atoms with Gasteiger partial charge in [-0.1, -0.05) is 19.4 Å². The lowest BCUT2D eigenvalue weighted by atomic mass is 9.51. The van der Waals surface area contributed by atoms with Crippen molar-refractivity contribution >= 4 is 11.6 Å². The first-order valence-corrected chi connectivity index (χ1v) is 9.96. The summed E-state index contributed by atoms with van der Waals surface area (Å²) in [6, 6.07) is 0. The van der Waals surface area contributed by atoms with Crippen LogP contribution in [-0.4, -0.2) is 22.8 Å². The zero-order chi connectivity index (χ0) is 18.0. The lowest BCUT2D eigenvalue weighted by Crippen LogP contribution is -2.50. The van der Waals surface area contributed by atoms with Crippen LogP contribution in [-0.2, 0) is 9.59 Å². The Bertz CT molecular complexity index is 698. The van der Waals surface area contributed by atoms with E-state index in [9.17, 15) is 14.7 Å². The van der Waals surface area contributed by atoms with Crippen LogP contribution in [0.2, 0.25) is 0 Å². The molecule has 0 aromatic carbocycles. The van der Waals surface area contributed by atoms with Gasteiger partial charge in [0.15, 0.2) is 11.6 Å². The van der Waals surface area contributed by atoms with E-state index in [2.05, 4.69) is 13.8 Å². The Hall–Kier alpha value is -1.22. The van der Waals surface area contributed by atoms with Crippen molar-refractivity contribution in [3.8, 4) is 0 Å². The molecule has 0 aromatic rings. The Morgan fingerprint density at radius 2 is 1.92 bits per heavy atom. The number of ketones is 2. The van der Waals surface area contributed by atoms with Crippen molar-refractivity contribution in [1.82, 2.24) is 0 Å². The molecule has 3 nitrogen and oxygen atoms in total. The molecule has 3 heteroatoms. The maximum absolute atomic E-state index is 12.8. The standard InChI is InChI=1S/C22H30O3/c1-13(23)20(25)22(3)11-9-19-18-6-4-14-12-15(24)5-7-16(14)17(18)8-10-21(19,22)2/h12-13,18-19,23H,4-11H2,1-3H3/t13?,18?,19?,21-,22-/m0/s1. The average molecular weight is 342 g/mol. The fourth-order valence-corrected chi connectivity index (χ4v) is 6.67. The highest BCUT2D eigenvalue weighted by Gasteiger charge is 2.62. The number of fused-ring (bicyclic) bond motifs is 4. The molecular formula is C22H30O3. The fourth-order valence-electron chi connectivity index (χ4n) is 6.67. The average Bonchev–Trinajstić information content (AvgIpc) is 2.86. The van der Waals surface area contributed by atoms with Gasteiger partial charge >= 0.3 is 0 Å². The fraction of sp³-hybridized carbons (Fsp3) is 0.727. The van der Waals surface area contributed by atoms with E-state index in [1.165, 1.54) is 11.1 Å². The van der Waals surface area contributed by atoms with Crippen molar-refractivity contribution in [2.24, 2.45) is 22.7 Å². The van der Waals surface area contributed by atoms with Crippen LogP contribution in [0.5, 0.6) is 0 Å². The molecular weight excluding hydrogens is 312 g/mol. The summed E-state index contributed by atoms with van der Waals surface area (Å²) < 4.78 is 0. The molecule has 0 aromatic heterocycles. The zero-order valence-electron chi connectivity index (χ0n) is 15.7. The predicted octanol–water partition coefficient (Wildman–Crippen LogP) is 4.15. The Labute approximate surface area is 150 Å². The highest BCUT2D eigenvalue weighted by molar-refractivity contribution is 5.93. The Morgan fingerprint density at radius 3 is 2.64 bits per heavy atom. The number of aliphatic hydroxyl groups excluding tert-OH is 1. The van der Waals surface area contributed by atoms with E-state index in [-0.39, 0.29) is 17.0 Å². The van der Waals surface area contributed by atoms with E-state index >= 15 is 0 Å². The van der Waals surface area contributed by atoms with Crippen LogP contribution in [0.3, 0.4) is 0 Å². The summed E-state index contributed by atoms with van der Waals surface area (Å²) >= 11 is 0. The molecule has 25 heavy (non-hydrogen) atoms. The molecule has 4 rings (SSSR count). The van der Waals surface area contributed by atoms with Gasteiger partial charge < -0.3 is 5.11 Å². The summed E-state index contributed by atoms with van der Waals surface area (Å²) in [4.78, 5) is 24.6. The lowest BCUT2D eigenvalue weighted by molar-refractivity contribution is -0.144. The molecule has 1 N–H and O–H groups in total. The van der Waals surface area contributed by atoms with E-state index in [1.54, 1.807) is 12.5 Å². The molecule has 5 atom stereocenters. The van der Waals surface area contributed by atoms with Gasteiger partial charge in [0, 0.05) is 11.8 Å². The largest absolute Gasteiger partial charge is 0.386 e. The molecule has 3 unspecified atom stereocenters. The SMILES string of the molecule is CC(O)C(=O)[C@]1(C)CCC2C3CCC4=CC(=O)CCC4=C3CC[C@@]21C. The van der Waals surface area contributed by atoms with Crippen LogP contribution >= 0.6 is 0 Å². The van der Waals surface area contributed by atoms with E-state index < -0.39 is 11.5 Å². The summed E-state index contributed by atoms with van der Waals surface area (Å²) in [6.07, 6.45) is 8.82. The Morgan fingerprint density at radius 1 is 1.16 bits per heavy atom. The highest BCUT2D eigenvalue weighted by atomic mass is 16.3. The third-order valence-corrected chi connectivity index (χ3v) is 8.26. The molecule has 136 valence electrons. The van der Waals surface area contributed by atoms with E-state index in [0.717, 1.165) is 44.9 Å². The number of rotatable bonds is 2. The molecule has 2 saturated carbocycles. The van der Waals surface area contributed by atoms with Crippen molar-refractivity contribution < 1.29 is 14.7 Å². The number of aliphatic hydroxyl groups is 1. The number of carbonyl (C=O) groups excluding carboxylic acids is 2. The molecule has 0 radical (unpaired) electrons. The van der Waals surface area contributed by atoms with Crippen LogP contribution in [0.4, 0.5) is 0 Å². The van der Waals surface area contributed by atoms with Crippen LogP contribution < -0.4 is 0 Å². The summed E-state index contributed by atoms with van der Waals surface area (Å²) in [5.41, 5.74) is 3.96. The summed E-state index contributed by atoms with van der Waals surface area (Å²) in [6.45, 7) is 6.03. The second-order valence-electron chi connectivity index (χ2n) is 9.22. The van der Waals surface area contributed by atoms with Crippen LogP contribution in [0.25, 0.3) is 0 Å². The Balaban J connectivity index is 1.72. The number of hydrogen-bond donors (Lipinski definition) is 1. The Kier molecular flexibility index (Phi) is 3.88. The van der Waals surface area contributed by atoms with Gasteiger partial charge in [-0.05, 0) is 86.3 Å². The topological polar surface area (TPSA) is 54.4 Å². The molecule has 0 saturated heterocycles.